The lowest BCUT2D eigenvalue weighted by molar-refractivity contribution is -0.132. The smallest absolute Gasteiger partial charge is 0.301 e. The number of ketones is 1. The molecule has 38 heavy (non-hydrogen) atoms. The number of nitrogens with zero attached hydrogens (tertiary/aromatic N) is 2. The maximum Gasteiger partial charge on any atom is 0.301 e. The van der Waals surface area contributed by atoms with Crippen LogP contribution in [0.15, 0.2) is 60.2 Å². The second-order valence-corrected chi connectivity index (χ2v) is 11.1. The highest BCUT2D eigenvalue weighted by Crippen LogP contribution is 2.45. The zero-order valence-corrected chi connectivity index (χ0v) is 23.1. The predicted octanol–water partition coefficient (Wildman–Crippen LogP) is 6.98. The number of aromatic nitrogens is 1. The Morgan fingerprint density at radius 3 is 2.34 bits per heavy atom. The minimum Gasteiger partial charge on any atom is -0.507 e. The van der Waals surface area contributed by atoms with Crippen molar-refractivity contribution < 1.29 is 19.4 Å². The van der Waals surface area contributed by atoms with Crippen molar-refractivity contribution in [2.24, 2.45) is 0 Å². The number of amides is 1. The van der Waals surface area contributed by atoms with Gasteiger partial charge in [-0.05, 0) is 78.8 Å². The van der Waals surface area contributed by atoms with Gasteiger partial charge in [-0.15, -0.1) is 0 Å². The molecule has 1 saturated heterocycles. The van der Waals surface area contributed by atoms with Crippen LogP contribution in [-0.2, 0) is 9.59 Å². The minimum absolute atomic E-state index is 0.0454. The Bertz CT molecular complexity index is 1620. The van der Waals surface area contributed by atoms with Crippen molar-refractivity contribution in [3.8, 4) is 5.75 Å². The molecule has 1 atom stereocenters. The van der Waals surface area contributed by atoms with Crippen LogP contribution in [0.2, 0.25) is 0 Å². The first-order valence-corrected chi connectivity index (χ1v) is 13.4. The first kappa shape index (κ1) is 25.7. The maximum atomic E-state index is 13.6. The molecule has 1 amide bonds. The number of hydrogen-bond acceptors (Lipinski definition) is 6. The number of fused-ring (bicyclic) bond motifs is 1. The van der Waals surface area contributed by atoms with E-state index in [1.807, 2.05) is 57.2 Å². The lowest BCUT2D eigenvalue weighted by Crippen LogP contribution is -2.29. The molecule has 0 bridgehead atoms. The van der Waals surface area contributed by atoms with Crippen LogP contribution in [0.4, 0.5) is 5.13 Å². The van der Waals surface area contributed by atoms with Crippen LogP contribution in [0.1, 0.15) is 59.2 Å². The van der Waals surface area contributed by atoms with Crippen LogP contribution in [0.25, 0.3) is 16.0 Å². The van der Waals surface area contributed by atoms with E-state index in [9.17, 15) is 14.7 Å². The Balaban J connectivity index is 1.73. The summed E-state index contributed by atoms with van der Waals surface area (Å²) in [4.78, 5) is 33.4. The number of thiazole rings is 1. The Labute approximate surface area is 226 Å². The van der Waals surface area contributed by atoms with Gasteiger partial charge >= 0.3 is 5.91 Å². The monoisotopic (exact) mass is 526 g/mol. The van der Waals surface area contributed by atoms with Crippen molar-refractivity contribution >= 4 is 44.1 Å². The fraction of sp³-hybridized carbons (Fsp3) is 0.258. The molecule has 1 aromatic heterocycles. The summed E-state index contributed by atoms with van der Waals surface area (Å²) in [7, 11) is 1.58. The van der Waals surface area contributed by atoms with E-state index in [0.717, 1.165) is 38.0 Å². The molecule has 1 aliphatic rings. The molecule has 194 valence electrons. The Kier molecular flexibility index (Phi) is 6.57. The summed E-state index contributed by atoms with van der Waals surface area (Å²) >= 11 is 1.37. The van der Waals surface area contributed by atoms with Gasteiger partial charge in [0.2, 0.25) is 0 Å². The lowest BCUT2D eigenvalue weighted by atomic mass is 9.93. The molecule has 2 heterocycles. The summed E-state index contributed by atoms with van der Waals surface area (Å²) in [6.07, 6.45) is 0. The van der Waals surface area contributed by atoms with Gasteiger partial charge in [0.25, 0.3) is 5.78 Å². The summed E-state index contributed by atoms with van der Waals surface area (Å²) in [6, 6.07) is 16.3. The largest absolute Gasteiger partial charge is 0.507 e. The van der Waals surface area contributed by atoms with E-state index in [1.165, 1.54) is 16.2 Å². The van der Waals surface area contributed by atoms with Crippen molar-refractivity contribution in [1.82, 2.24) is 4.98 Å². The molecule has 6 nitrogen and oxygen atoms in total. The standard InChI is InChI=1S/C31H30N2O4S/c1-16(2)20-7-9-21(10-8-20)27-25(28(34)22-11-12-23(37-6)18(4)15-22)29(35)30(36)33(27)31-32-26-19(5)13-17(3)14-24(26)38-31/h7-16,27,34H,1-6H3/b28-25+/t27-/m0/s1. The van der Waals surface area contributed by atoms with E-state index in [4.69, 9.17) is 9.72 Å². The first-order valence-electron chi connectivity index (χ1n) is 12.5. The molecule has 1 fully saturated rings. The van der Waals surface area contributed by atoms with E-state index in [2.05, 4.69) is 13.8 Å². The zero-order valence-electron chi connectivity index (χ0n) is 22.3. The van der Waals surface area contributed by atoms with Crippen LogP contribution in [-0.4, -0.2) is 28.9 Å². The minimum atomic E-state index is -0.819. The third-order valence-corrected chi connectivity index (χ3v) is 8.06. The van der Waals surface area contributed by atoms with Crippen LogP contribution in [0.5, 0.6) is 5.75 Å². The number of Topliss-reactive ketones (excluding diaryl/α,β-unsaturated/α-hetero) is 1. The SMILES string of the molecule is COc1ccc(/C(O)=C2\C(=O)C(=O)N(c3nc4c(C)cc(C)cc4s3)[C@H]2c2ccc(C(C)C)cc2)cc1C. The number of benzene rings is 3. The number of methoxy groups -OCH3 is 1. The summed E-state index contributed by atoms with van der Waals surface area (Å²) in [5.74, 6) is -0.664. The average molecular weight is 527 g/mol. The van der Waals surface area contributed by atoms with Crippen LogP contribution in [0.3, 0.4) is 0 Å². The average Bonchev–Trinajstić information content (AvgIpc) is 3.42. The Morgan fingerprint density at radius 2 is 1.71 bits per heavy atom. The van der Waals surface area contributed by atoms with Crippen molar-refractivity contribution in [3.05, 3.63) is 93.6 Å². The van der Waals surface area contributed by atoms with E-state index in [0.29, 0.717) is 22.4 Å². The maximum absolute atomic E-state index is 13.6. The van der Waals surface area contributed by atoms with Gasteiger partial charge in [0.05, 0.1) is 28.9 Å². The summed E-state index contributed by atoms with van der Waals surface area (Å²) in [5.41, 5.74) is 6.08. The second-order valence-electron chi connectivity index (χ2n) is 10.1. The Morgan fingerprint density at radius 1 is 1.00 bits per heavy atom. The van der Waals surface area contributed by atoms with E-state index >= 15 is 0 Å². The van der Waals surface area contributed by atoms with Crippen molar-refractivity contribution in [2.45, 2.75) is 46.6 Å². The molecule has 0 unspecified atom stereocenters. The third-order valence-electron chi connectivity index (χ3n) is 7.06. The van der Waals surface area contributed by atoms with Crippen LogP contribution >= 0.6 is 11.3 Å². The number of aryl methyl sites for hydroxylation is 3. The molecule has 0 spiro atoms. The first-order chi connectivity index (χ1) is 18.1. The van der Waals surface area contributed by atoms with Gasteiger partial charge < -0.3 is 9.84 Å². The number of ether oxygens (including phenoxy) is 1. The Hall–Kier alpha value is -3.97. The highest BCUT2D eigenvalue weighted by atomic mass is 32.1. The van der Waals surface area contributed by atoms with Crippen LogP contribution < -0.4 is 9.64 Å². The highest BCUT2D eigenvalue weighted by Gasteiger charge is 2.48. The second kappa shape index (κ2) is 9.72. The normalized spacial score (nSPS) is 17.1. The molecule has 0 radical (unpaired) electrons. The number of carbonyl (C=O) groups is 2. The van der Waals surface area contributed by atoms with E-state index in [-0.39, 0.29) is 11.3 Å². The summed E-state index contributed by atoms with van der Waals surface area (Å²) in [5, 5.41) is 11.9. The molecule has 4 aromatic rings. The molecular weight excluding hydrogens is 496 g/mol. The molecule has 1 N–H and O–H groups in total. The van der Waals surface area contributed by atoms with Gasteiger partial charge in [-0.1, -0.05) is 55.5 Å². The van der Waals surface area contributed by atoms with E-state index < -0.39 is 17.7 Å². The number of hydrogen-bond donors (Lipinski definition) is 1. The van der Waals surface area contributed by atoms with E-state index in [1.54, 1.807) is 25.3 Å². The summed E-state index contributed by atoms with van der Waals surface area (Å²) in [6.45, 7) is 10.1. The topological polar surface area (TPSA) is 79.7 Å². The van der Waals surface area contributed by atoms with Crippen molar-refractivity contribution in [3.63, 3.8) is 0 Å². The van der Waals surface area contributed by atoms with Gasteiger partial charge in [0, 0.05) is 5.56 Å². The van der Waals surface area contributed by atoms with Gasteiger partial charge in [-0.3, -0.25) is 14.5 Å². The number of rotatable bonds is 5. The fourth-order valence-electron chi connectivity index (χ4n) is 5.05. The molecule has 7 heteroatoms. The number of anilines is 1. The van der Waals surface area contributed by atoms with Crippen molar-refractivity contribution in [1.29, 1.82) is 0 Å². The number of aliphatic hydroxyl groups excluding tert-OH is 1. The number of carbonyl (C=O) groups excluding carboxylic acids is 2. The molecule has 1 aliphatic heterocycles. The molecule has 5 rings (SSSR count). The fourth-order valence-corrected chi connectivity index (χ4v) is 6.22. The lowest BCUT2D eigenvalue weighted by Gasteiger charge is -2.23. The van der Waals surface area contributed by atoms with Gasteiger partial charge in [-0.2, -0.15) is 0 Å². The van der Waals surface area contributed by atoms with Crippen molar-refractivity contribution in [2.75, 3.05) is 12.0 Å². The highest BCUT2D eigenvalue weighted by molar-refractivity contribution is 7.22. The predicted molar refractivity (Wildman–Crippen MR) is 152 cm³/mol. The van der Waals surface area contributed by atoms with Gasteiger partial charge in [0.1, 0.15) is 11.5 Å². The summed E-state index contributed by atoms with van der Waals surface area (Å²) < 4.78 is 6.30. The number of aliphatic hydroxyl groups is 1. The van der Waals surface area contributed by atoms with Gasteiger partial charge in [0.15, 0.2) is 5.13 Å². The quantitative estimate of drug-likeness (QED) is 0.172. The molecule has 0 saturated carbocycles. The third kappa shape index (κ3) is 4.27. The van der Waals surface area contributed by atoms with Crippen LogP contribution in [0, 0.1) is 20.8 Å². The van der Waals surface area contributed by atoms with Gasteiger partial charge in [-0.25, -0.2) is 4.98 Å². The molecular formula is C31H30N2O4S. The zero-order chi connectivity index (χ0) is 27.3. The molecule has 3 aromatic carbocycles. The molecule has 0 aliphatic carbocycles.